The van der Waals surface area contributed by atoms with E-state index < -0.39 is 5.54 Å². The summed E-state index contributed by atoms with van der Waals surface area (Å²) >= 11 is 6.16. The Balaban J connectivity index is 2.11. The third kappa shape index (κ3) is 2.93. The van der Waals surface area contributed by atoms with Gasteiger partial charge in [-0.05, 0) is 37.0 Å². The van der Waals surface area contributed by atoms with Crippen LogP contribution in [0.3, 0.4) is 0 Å². The Bertz CT molecular complexity index is 450. The summed E-state index contributed by atoms with van der Waals surface area (Å²) < 4.78 is 0. The van der Waals surface area contributed by atoms with Gasteiger partial charge in [-0.15, -0.1) is 0 Å². The van der Waals surface area contributed by atoms with Gasteiger partial charge in [0, 0.05) is 11.4 Å². The molecule has 0 radical (unpaired) electrons. The highest BCUT2D eigenvalue weighted by Crippen LogP contribution is 2.29. The Morgan fingerprint density at radius 1 is 1.33 bits per heavy atom. The van der Waals surface area contributed by atoms with Crippen molar-refractivity contribution in [2.24, 2.45) is 5.73 Å². The highest BCUT2D eigenvalue weighted by atomic mass is 35.5. The van der Waals surface area contributed by atoms with E-state index in [1.54, 1.807) is 0 Å². The molecule has 1 aliphatic rings. The minimum Gasteiger partial charge on any atom is -0.319 e. The van der Waals surface area contributed by atoms with Gasteiger partial charge in [0.05, 0.1) is 5.54 Å². The van der Waals surface area contributed by atoms with Crippen LogP contribution in [0.1, 0.15) is 43.2 Å². The minimum atomic E-state index is -0.619. The first kappa shape index (κ1) is 13.6. The number of hydrogen-bond donors (Lipinski definition) is 1. The first-order valence-electron chi connectivity index (χ1n) is 6.58. The normalized spacial score (nSPS) is 18.6. The van der Waals surface area contributed by atoms with E-state index in [4.69, 9.17) is 17.3 Å². The topological polar surface area (TPSA) is 43.1 Å². The van der Waals surface area contributed by atoms with Crippen molar-refractivity contribution in [3.63, 3.8) is 0 Å². The standard InChI is InChI=1S/C15H20ClNO/c1-11-5-6-12(13(16)9-11)10-14(18)15(17)7-3-2-4-8-15/h5-6,9H,2-4,7-8,10,17H2,1H3. The molecule has 0 aliphatic heterocycles. The number of halogens is 1. The van der Waals surface area contributed by atoms with Crippen LogP contribution in [0.2, 0.25) is 5.02 Å². The zero-order chi connectivity index (χ0) is 13.2. The number of aryl methyl sites for hydroxylation is 1. The molecule has 18 heavy (non-hydrogen) atoms. The second-order valence-electron chi connectivity index (χ2n) is 5.41. The maximum absolute atomic E-state index is 12.3. The van der Waals surface area contributed by atoms with Gasteiger partial charge in [-0.25, -0.2) is 0 Å². The second-order valence-corrected chi connectivity index (χ2v) is 5.82. The molecule has 0 spiro atoms. The molecule has 0 saturated heterocycles. The molecular weight excluding hydrogens is 246 g/mol. The molecular formula is C15H20ClNO. The molecule has 2 N–H and O–H groups in total. The van der Waals surface area contributed by atoms with Crippen LogP contribution in [0.15, 0.2) is 18.2 Å². The molecule has 98 valence electrons. The number of hydrogen-bond acceptors (Lipinski definition) is 2. The number of carbonyl (C=O) groups is 1. The predicted molar refractivity (Wildman–Crippen MR) is 74.9 cm³/mol. The maximum atomic E-state index is 12.3. The van der Waals surface area contributed by atoms with Crippen molar-refractivity contribution < 1.29 is 4.79 Å². The Kier molecular flexibility index (Phi) is 4.08. The third-order valence-electron chi connectivity index (χ3n) is 3.86. The fourth-order valence-electron chi connectivity index (χ4n) is 2.61. The Morgan fingerprint density at radius 2 is 2.00 bits per heavy atom. The lowest BCUT2D eigenvalue weighted by Gasteiger charge is -2.32. The van der Waals surface area contributed by atoms with Gasteiger partial charge in [0.2, 0.25) is 0 Å². The van der Waals surface area contributed by atoms with Gasteiger partial charge in [-0.3, -0.25) is 4.79 Å². The molecule has 2 rings (SSSR count). The van der Waals surface area contributed by atoms with Crippen LogP contribution in [-0.4, -0.2) is 11.3 Å². The number of Topliss-reactive ketones (excluding diaryl/α,β-unsaturated/α-hetero) is 1. The van der Waals surface area contributed by atoms with Crippen LogP contribution in [0.25, 0.3) is 0 Å². The van der Waals surface area contributed by atoms with Crippen LogP contribution in [0.5, 0.6) is 0 Å². The van der Waals surface area contributed by atoms with Gasteiger partial charge in [0.1, 0.15) is 0 Å². The molecule has 0 atom stereocenters. The summed E-state index contributed by atoms with van der Waals surface area (Å²) in [6, 6.07) is 5.81. The molecule has 1 aromatic rings. The van der Waals surface area contributed by atoms with Gasteiger partial charge >= 0.3 is 0 Å². The van der Waals surface area contributed by atoms with E-state index >= 15 is 0 Å². The van der Waals surface area contributed by atoms with E-state index in [9.17, 15) is 4.79 Å². The molecule has 1 fully saturated rings. The van der Waals surface area contributed by atoms with Crippen molar-refractivity contribution in [2.45, 2.75) is 51.0 Å². The molecule has 0 aromatic heterocycles. The fourth-order valence-corrected chi connectivity index (χ4v) is 2.91. The van der Waals surface area contributed by atoms with Crippen LogP contribution < -0.4 is 5.73 Å². The summed E-state index contributed by atoms with van der Waals surface area (Å²) in [6.45, 7) is 1.99. The highest BCUT2D eigenvalue weighted by Gasteiger charge is 2.34. The maximum Gasteiger partial charge on any atom is 0.157 e. The minimum absolute atomic E-state index is 0.132. The Labute approximate surface area is 114 Å². The molecule has 1 aromatic carbocycles. The lowest BCUT2D eigenvalue weighted by molar-refractivity contribution is -0.124. The van der Waals surface area contributed by atoms with Crippen molar-refractivity contribution in [1.82, 2.24) is 0 Å². The first-order valence-corrected chi connectivity index (χ1v) is 6.96. The summed E-state index contributed by atoms with van der Waals surface area (Å²) in [4.78, 5) is 12.3. The second kappa shape index (κ2) is 5.41. The van der Waals surface area contributed by atoms with Gasteiger partial charge in [-0.2, -0.15) is 0 Å². The van der Waals surface area contributed by atoms with E-state index in [0.29, 0.717) is 11.4 Å². The SMILES string of the molecule is Cc1ccc(CC(=O)C2(N)CCCCC2)c(Cl)c1. The molecule has 0 heterocycles. The quantitative estimate of drug-likeness (QED) is 0.910. The summed E-state index contributed by atoms with van der Waals surface area (Å²) in [5.74, 6) is 0.132. The van der Waals surface area contributed by atoms with Crippen LogP contribution >= 0.6 is 11.6 Å². The molecule has 1 saturated carbocycles. The summed E-state index contributed by atoms with van der Waals surface area (Å²) in [7, 11) is 0. The Hall–Kier alpha value is -0.860. The average Bonchev–Trinajstić information content (AvgIpc) is 2.33. The zero-order valence-electron chi connectivity index (χ0n) is 10.8. The number of ketones is 1. The van der Waals surface area contributed by atoms with Crippen LogP contribution in [0.4, 0.5) is 0 Å². The van der Waals surface area contributed by atoms with Crippen molar-refractivity contribution in [1.29, 1.82) is 0 Å². The molecule has 1 aliphatic carbocycles. The molecule has 3 heteroatoms. The number of rotatable bonds is 3. The average molecular weight is 266 g/mol. The summed E-state index contributed by atoms with van der Waals surface area (Å²) in [5.41, 5.74) is 7.62. The van der Waals surface area contributed by atoms with E-state index in [1.165, 1.54) is 6.42 Å². The number of nitrogens with two attached hydrogens (primary N) is 1. The fraction of sp³-hybridized carbons (Fsp3) is 0.533. The predicted octanol–water partition coefficient (Wildman–Crippen LogP) is 3.42. The van der Waals surface area contributed by atoms with E-state index in [1.807, 2.05) is 25.1 Å². The van der Waals surface area contributed by atoms with Crippen LogP contribution in [-0.2, 0) is 11.2 Å². The van der Waals surface area contributed by atoms with Crippen molar-refractivity contribution >= 4 is 17.4 Å². The highest BCUT2D eigenvalue weighted by molar-refractivity contribution is 6.31. The van der Waals surface area contributed by atoms with Gasteiger partial charge in [0.25, 0.3) is 0 Å². The van der Waals surface area contributed by atoms with Crippen molar-refractivity contribution in [3.05, 3.63) is 34.3 Å². The monoisotopic (exact) mass is 265 g/mol. The van der Waals surface area contributed by atoms with E-state index in [-0.39, 0.29) is 5.78 Å². The van der Waals surface area contributed by atoms with E-state index in [0.717, 1.165) is 36.8 Å². The number of carbonyl (C=O) groups excluding carboxylic acids is 1. The number of benzene rings is 1. The van der Waals surface area contributed by atoms with Gasteiger partial charge < -0.3 is 5.73 Å². The smallest absolute Gasteiger partial charge is 0.157 e. The third-order valence-corrected chi connectivity index (χ3v) is 4.21. The lowest BCUT2D eigenvalue weighted by atomic mass is 9.78. The van der Waals surface area contributed by atoms with E-state index in [2.05, 4.69) is 0 Å². The largest absolute Gasteiger partial charge is 0.319 e. The molecule has 0 unspecified atom stereocenters. The molecule has 0 amide bonds. The van der Waals surface area contributed by atoms with Crippen molar-refractivity contribution in [3.8, 4) is 0 Å². The van der Waals surface area contributed by atoms with Gasteiger partial charge in [-0.1, -0.05) is 43.0 Å². The molecule has 0 bridgehead atoms. The summed E-state index contributed by atoms with van der Waals surface area (Å²) in [5, 5.41) is 0.669. The lowest BCUT2D eigenvalue weighted by Crippen LogP contribution is -2.50. The first-order chi connectivity index (χ1) is 8.51. The van der Waals surface area contributed by atoms with Crippen LogP contribution in [0, 0.1) is 6.92 Å². The molecule has 2 nitrogen and oxygen atoms in total. The summed E-state index contributed by atoms with van der Waals surface area (Å²) in [6.07, 6.45) is 5.30. The van der Waals surface area contributed by atoms with Crippen molar-refractivity contribution in [2.75, 3.05) is 0 Å². The Morgan fingerprint density at radius 3 is 2.61 bits per heavy atom. The van der Waals surface area contributed by atoms with Gasteiger partial charge in [0.15, 0.2) is 5.78 Å². The zero-order valence-corrected chi connectivity index (χ0v) is 11.6.